The first-order valence-corrected chi connectivity index (χ1v) is 15.2. The normalized spacial score (nSPS) is 12.8. The Morgan fingerprint density at radius 2 is 1.44 bits per heavy atom. The van der Waals surface area contributed by atoms with Gasteiger partial charge in [-0.15, -0.1) is 0 Å². The van der Waals surface area contributed by atoms with Crippen LogP contribution in [0.3, 0.4) is 0 Å². The Kier molecular flexibility index (Phi) is 10.6. The van der Waals surface area contributed by atoms with Crippen LogP contribution in [-0.4, -0.2) is 50.9 Å². The number of carbonyl (C=O) groups excluding carboxylic acids is 2. The average molecular weight is 580 g/mol. The van der Waals surface area contributed by atoms with Crippen LogP contribution in [0.15, 0.2) is 71.6 Å². The molecule has 0 aliphatic rings. The number of nitrogens with zero attached hydrogens (tertiary/aromatic N) is 2. The predicted octanol–water partition coefficient (Wildman–Crippen LogP) is 5.15. The molecule has 3 aromatic rings. The number of aryl methyl sites for hydroxylation is 3. The van der Waals surface area contributed by atoms with E-state index in [4.69, 9.17) is 4.74 Å². The summed E-state index contributed by atoms with van der Waals surface area (Å²) in [5.41, 5.74) is 3.85. The Balaban J connectivity index is 2.09. The lowest BCUT2D eigenvalue weighted by Crippen LogP contribution is -2.52. The quantitative estimate of drug-likeness (QED) is 0.320. The standard InChI is InChI=1S/C32H41N3O5S/c1-8-25(5)33-32(37)26(6)34(20-27-14-9-22(2)10-15-27)31(36)21-35(29-19-24(4)13-18-30(29)40-7)41(38,39)28-16-11-23(3)12-17-28/h9-19,25-26H,8,20-21H2,1-7H3,(H,33,37)/t25-,26-/m1/s1. The van der Waals surface area contributed by atoms with Gasteiger partial charge in [-0.1, -0.05) is 60.5 Å². The molecule has 0 bridgehead atoms. The summed E-state index contributed by atoms with van der Waals surface area (Å²) < 4.78 is 34.8. The molecule has 0 saturated heterocycles. The number of hydrogen-bond donors (Lipinski definition) is 1. The van der Waals surface area contributed by atoms with E-state index in [1.54, 1.807) is 31.2 Å². The molecule has 0 unspecified atom stereocenters. The number of ether oxygens (including phenoxy) is 1. The highest BCUT2D eigenvalue weighted by Crippen LogP contribution is 2.34. The van der Waals surface area contributed by atoms with Gasteiger partial charge in [0.05, 0.1) is 17.7 Å². The highest BCUT2D eigenvalue weighted by Gasteiger charge is 2.34. The van der Waals surface area contributed by atoms with Crippen LogP contribution in [0.25, 0.3) is 0 Å². The molecule has 8 nitrogen and oxygen atoms in total. The molecule has 0 aliphatic heterocycles. The Hall–Kier alpha value is -3.85. The van der Waals surface area contributed by atoms with Crippen molar-refractivity contribution in [3.8, 4) is 5.75 Å². The van der Waals surface area contributed by atoms with Crippen LogP contribution in [0.1, 0.15) is 49.4 Å². The second kappa shape index (κ2) is 13.7. The van der Waals surface area contributed by atoms with Crippen LogP contribution in [0.2, 0.25) is 0 Å². The summed E-state index contributed by atoms with van der Waals surface area (Å²) in [5.74, 6) is -0.510. The molecule has 0 radical (unpaired) electrons. The first kappa shape index (κ1) is 31.7. The molecule has 1 N–H and O–H groups in total. The maximum atomic E-state index is 14.1. The van der Waals surface area contributed by atoms with E-state index >= 15 is 0 Å². The van der Waals surface area contributed by atoms with Gasteiger partial charge in [0, 0.05) is 12.6 Å². The van der Waals surface area contributed by atoms with E-state index in [-0.39, 0.29) is 29.1 Å². The van der Waals surface area contributed by atoms with E-state index in [1.165, 1.54) is 24.1 Å². The molecule has 3 aromatic carbocycles. The summed E-state index contributed by atoms with van der Waals surface area (Å²) in [6, 6.07) is 18.4. The van der Waals surface area contributed by atoms with Gasteiger partial charge in [0.2, 0.25) is 11.8 Å². The average Bonchev–Trinajstić information content (AvgIpc) is 2.95. The zero-order valence-corrected chi connectivity index (χ0v) is 25.8. The number of nitrogens with one attached hydrogen (secondary N) is 1. The maximum Gasteiger partial charge on any atom is 0.264 e. The summed E-state index contributed by atoms with van der Waals surface area (Å²) in [7, 11) is -2.73. The minimum absolute atomic E-state index is 0.0482. The van der Waals surface area contributed by atoms with Gasteiger partial charge in [0.15, 0.2) is 0 Å². The fourth-order valence-electron chi connectivity index (χ4n) is 4.28. The Morgan fingerprint density at radius 1 is 0.878 bits per heavy atom. The van der Waals surface area contributed by atoms with Gasteiger partial charge in [0.25, 0.3) is 10.0 Å². The van der Waals surface area contributed by atoms with Gasteiger partial charge < -0.3 is 15.0 Å². The van der Waals surface area contributed by atoms with E-state index in [0.717, 1.165) is 33.0 Å². The number of anilines is 1. The van der Waals surface area contributed by atoms with Gasteiger partial charge in [0.1, 0.15) is 18.3 Å². The molecule has 3 rings (SSSR count). The molecule has 0 fully saturated rings. The molecule has 9 heteroatoms. The fourth-order valence-corrected chi connectivity index (χ4v) is 5.70. The van der Waals surface area contributed by atoms with E-state index in [0.29, 0.717) is 5.75 Å². The lowest BCUT2D eigenvalue weighted by molar-refractivity contribution is -0.139. The molecule has 0 heterocycles. The summed E-state index contributed by atoms with van der Waals surface area (Å²) in [6.45, 7) is 10.8. The van der Waals surface area contributed by atoms with E-state index in [2.05, 4.69) is 5.32 Å². The fraction of sp³-hybridized carbons (Fsp3) is 0.375. The Morgan fingerprint density at radius 3 is 2.00 bits per heavy atom. The second-order valence-corrected chi connectivity index (χ2v) is 12.4. The summed E-state index contributed by atoms with van der Waals surface area (Å²) >= 11 is 0. The first-order valence-electron chi connectivity index (χ1n) is 13.8. The van der Waals surface area contributed by atoms with Crippen molar-refractivity contribution < 1.29 is 22.7 Å². The SMILES string of the molecule is CC[C@@H](C)NC(=O)[C@@H](C)N(Cc1ccc(C)cc1)C(=O)CN(c1cc(C)ccc1OC)S(=O)(=O)c1ccc(C)cc1. The molecule has 0 aromatic heterocycles. The van der Waals surface area contributed by atoms with Gasteiger partial charge in [-0.05, 0) is 76.4 Å². The molecule has 2 atom stereocenters. The zero-order chi connectivity index (χ0) is 30.3. The van der Waals surface area contributed by atoms with Crippen molar-refractivity contribution in [3.05, 3.63) is 89.0 Å². The zero-order valence-electron chi connectivity index (χ0n) is 25.0. The van der Waals surface area contributed by atoms with Gasteiger partial charge >= 0.3 is 0 Å². The smallest absolute Gasteiger partial charge is 0.264 e. The summed E-state index contributed by atoms with van der Waals surface area (Å²) in [4.78, 5) is 28.8. The number of hydrogen-bond acceptors (Lipinski definition) is 5. The van der Waals surface area contributed by atoms with Crippen LogP contribution >= 0.6 is 0 Å². The minimum atomic E-state index is -4.19. The van der Waals surface area contributed by atoms with Crippen LogP contribution in [0, 0.1) is 20.8 Å². The summed E-state index contributed by atoms with van der Waals surface area (Å²) in [6.07, 6.45) is 0.736. The maximum absolute atomic E-state index is 14.1. The van der Waals surface area contributed by atoms with Gasteiger partial charge in [-0.25, -0.2) is 8.42 Å². The van der Waals surface area contributed by atoms with Crippen LogP contribution in [0.4, 0.5) is 5.69 Å². The molecule has 220 valence electrons. The molecule has 41 heavy (non-hydrogen) atoms. The largest absolute Gasteiger partial charge is 0.495 e. The number of amides is 2. The van der Waals surface area contributed by atoms with E-state index < -0.39 is 28.5 Å². The molecule has 0 saturated carbocycles. The van der Waals surface area contributed by atoms with Crippen molar-refractivity contribution in [2.45, 2.75) is 71.5 Å². The van der Waals surface area contributed by atoms with Crippen molar-refractivity contribution in [1.29, 1.82) is 0 Å². The number of benzene rings is 3. The first-order chi connectivity index (χ1) is 19.4. The molecular weight excluding hydrogens is 538 g/mol. The van der Waals surface area contributed by atoms with Crippen molar-refractivity contribution in [2.75, 3.05) is 18.0 Å². The Labute approximate surface area is 244 Å². The topological polar surface area (TPSA) is 96.0 Å². The minimum Gasteiger partial charge on any atom is -0.495 e. The van der Waals surface area contributed by atoms with Crippen molar-refractivity contribution in [1.82, 2.24) is 10.2 Å². The van der Waals surface area contributed by atoms with Crippen LogP contribution in [-0.2, 0) is 26.2 Å². The molecule has 2 amide bonds. The number of carbonyl (C=O) groups is 2. The van der Waals surface area contributed by atoms with Crippen LogP contribution < -0.4 is 14.4 Å². The molecule has 0 spiro atoms. The monoisotopic (exact) mass is 579 g/mol. The third-order valence-electron chi connectivity index (χ3n) is 7.13. The summed E-state index contributed by atoms with van der Waals surface area (Å²) in [5, 5.41) is 2.95. The number of sulfonamides is 1. The molecular formula is C32H41N3O5S. The third-order valence-corrected chi connectivity index (χ3v) is 8.91. The number of rotatable bonds is 12. The van der Waals surface area contributed by atoms with Crippen LogP contribution in [0.5, 0.6) is 5.75 Å². The van der Waals surface area contributed by atoms with E-state index in [1.807, 2.05) is 65.0 Å². The highest BCUT2D eigenvalue weighted by molar-refractivity contribution is 7.92. The lowest BCUT2D eigenvalue weighted by atomic mass is 10.1. The van der Waals surface area contributed by atoms with Gasteiger partial charge in [-0.3, -0.25) is 13.9 Å². The van der Waals surface area contributed by atoms with Crippen molar-refractivity contribution >= 4 is 27.5 Å². The van der Waals surface area contributed by atoms with E-state index in [9.17, 15) is 18.0 Å². The number of methoxy groups -OCH3 is 1. The molecule has 0 aliphatic carbocycles. The van der Waals surface area contributed by atoms with Crippen molar-refractivity contribution in [3.63, 3.8) is 0 Å². The Bertz CT molecular complexity index is 1450. The van der Waals surface area contributed by atoms with Gasteiger partial charge in [-0.2, -0.15) is 0 Å². The third kappa shape index (κ3) is 7.88. The highest BCUT2D eigenvalue weighted by atomic mass is 32.2. The van der Waals surface area contributed by atoms with Crippen molar-refractivity contribution in [2.24, 2.45) is 0 Å². The lowest BCUT2D eigenvalue weighted by Gasteiger charge is -2.33. The predicted molar refractivity (Wildman–Crippen MR) is 163 cm³/mol. The second-order valence-electron chi connectivity index (χ2n) is 10.5.